The third kappa shape index (κ3) is 7.50. The summed E-state index contributed by atoms with van der Waals surface area (Å²) in [7, 11) is 0. The van der Waals surface area contributed by atoms with Gasteiger partial charge in [-0.1, -0.05) is 29.8 Å². The van der Waals surface area contributed by atoms with E-state index in [1.165, 1.54) is 0 Å². The van der Waals surface area contributed by atoms with Crippen molar-refractivity contribution in [3.8, 4) is 11.3 Å². The molecule has 2 aromatic carbocycles. The van der Waals surface area contributed by atoms with Gasteiger partial charge in [-0.2, -0.15) is 4.37 Å². The molecule has 0 aliphatic rings. The molecule has 8 N–H and O–H groups in total. The number of nitrogens with zero attached hydrogens (tertiary/aromatic N) is 1. The molecule has 4 amide bonds. The molecule has 11 nitrogen and oxygen atoms in total. The van der Waals surface area contributed by atoms with Gasteiger partial charge >= 0.3 is 18.0 Å². The first kappa shape index (κ1) is 25.6. The number of aromatic nitrogens is 1. The monoisotopic (exact) mass is 498 g/mol. The minimum Gasteiger partial charge on any atom is -0.481 e. The fourth-order valence-electron chi connectivity index (χ4n) is 3.10. The summed E-state index contributed by atoms with van der Waals surface area (Å²) in [6, 6.07) is 13.2. The molecular formula is C23H26N6O5S. The van der Waals surface area contributed by atoms with Crippen molar-refractivity contribution in [3.05, 3.63) is 59.7 Å². The Morgan fingerprint density at radius 1 is 0.971 bits per heavy atom. The van der Waals surface area contributed by atoms with Gasteiger partial charge in [0, 0.05) is 29.9 Å². The van der Waals surface area contributed by atoms with E-state index in [0.717, 1.165) is 17.1 Å². The van der Waals surface area contributed by atoms with Gasteiger partial charge in [0.15, 0.2) is 0 Å². The standard InChI is InChI=1S/C23H26N6O5S/c1-13-4-8-15(9-5-13)26-23(34)27-16-10-6-14(7-11-16)19-18(20(24)32)21(35-29-19)28-22(33)25-12-2-3-17(30)31/h4-11,20,32H,2-3,12,24H2,1H3,(H,30,31)(H2,25,28,33)(H2,26,27,34). The molecule has 184 valence electrons. The topological polar surface area (TPSA) is 179 Å². The van der Waals surface area contributed by atoms with Crippen molar-refractivity contribution in [2.75, 3.05) is 22.5 Å². The molecule has 3 aromatic rings. The van der Waals surface area contributed by atoms with E-state index in [1.54, 1.807) is 24.3 Å². The summed E-state index contributed by atoms with van der Waals surface area (Å²) in [4.78, 5) is 34.9. The quantitative estimate of drug-likeness (QED) is 0.174. The van der Waals surface area contributed by atoms with E-state index in [2.05, 4.69) is 25.6 Å². The fourth-order valence-corrected chi connectivity index (χ4v) is 3.94. The molecule has 0 bridgehead atoms. The number of urea groups is 2. The van der Waals surface area contributed by atoms with E-state index < -0.39 is 24.3 Å². The van der Waals surface area contributed by atoms with E-state index in [9.17, 15) is 19.5 Å². The first-order valence-electron chi connectivity index (χ1n) is 10.7. The van der Waals surface area contributed by atoms with Gasteiger partial charge in [-0.25, -0.2) is 9.59 Å². The van der Waals surface area contributed by atoms with Gasteiger partial charge in [0.1, 0.15) is 11.2 Å². The Kier molecular flexibility index (Phi) is 8.73. The first-order chi connectivity index (χ1) is 16.7. The summed E-state index contributed by atoms with van der Waals surface area (Å²) < 4.78 is 4.32. The molecule has 0 spiro atoms. The largest absolute Gasteiger partial charge is 0.481 e. The van der Waals surface area contributed by atoms with E-state index in [-0.39, 0.29) is 30.0 Å². The van der Waals surface area contributed by atoms with E-state index in [4.69, 9.17) is 10.8 Å². The number of carbonyl (C=O) groups is 3. The highest BCUT2D eigenvalue weighted by Gasteiger charge is 2.21. The molecule has 0 aliphatic carbocycles. The first-order valence-corrected chi connectivity index (χ1v) is 11.4. The summed E-state index contributed by atoms with van der Waals surface area (Å²) in [5.74, 6) is -0.944. The number of carboxylic acids is 1. The summed E-state index contributed by atoms with van der Waals surface area (Å²) in [5, 5.41) is 29.6. The second-order valence-corrected chi connectivity index (χ2v) is 8.39. The normalized spacial score (nSPS) is 11.4. The van der Waals surface area contributed by atoms with E-state index in [0.29, 0.717) is 22.6 Å². The molecule has 0 saturated heterocycles. The van der Waals surface area contributed by atoms with Crippen LogP contribution in [-0.4, -0.2) is 39.2 Å². The minimum atomic E-state index is -1.40. The van der Waals surface area contributed by atoms with Crippen molar-refractivity contribution in [2.45, 2.75) is 26.0 Å². The molecular weight excluding hydrogens is 472 g/mol. The zero-order valence-corrected chi connectivity index (χ0v) is 19.7. The molecule has 1 unspecified atom stereocenters. The van der Waals surface area contributed by atoms with Crippen LogP contribution in [0.1, 0.15) is 30.2 Å². The predicted molar refractivity (Wildman–Crippen MR) is 134 cm³/mol. The van der Waals surface area contributed by atoms with Gasteiger partial charge in [-0.3, -0.25) is 10.1 Å². The fraction of sp³-hybridized carbons (Fsp3) is 0.217. The number of aliphatic hydroxyl groups excluding tert-OH is 1. The van der Waals surface area contributed by atoms with Crippen molar-refractivity contribution < 1.29 is 24.6 Å². The average molecular weight is 499 g/mol. The lowest BCUT2D eigenvalue weighted by molar-refractivity contribution is -0.137. The van der Waals surface area contributed by atoms with E-state index >= 15 is 0 Å². The van der Waals surface area contributed by atoms with Crippen molar-refractivity contribution in [3.63, 3.8) is 0 Å². The smallest absolute Gasteiger partial charge is 0.323 e. The Balaban J connectivity index is 1.64. The maximum Gasteiger partial charge on any atom is 0.323 e. The van der Waals surface area contributed by atoms with Crippen LogP contribution in [0.15, 0.2) is 48.5 Å². The second kappa shape index (κ2) is 11.9. The number of hydrogen-bond acceptors (Lipinski definition) is 7. The second-order valence-electron chi connectivity index (χ2n) is 7.62. The third-order valence-corrected chi connectivity index (χ3v) is 5.61. The SMILES string of the molecule is Cc1ccc(NC(=O)Nc2ccc(-c3nsc(NC(=O)NCCCC(=O)O)c3C(N)O)cc2)cc1. The molecule has 12 heteroatoms. The van der Waals surface area contributed by atoms with Crippen LogP contribution in [0.2, 0.25) is 0 Å². The van der Waals surface area contributed by atoms with E-state index in [1.807, 2.05) is 31.2 Å². The van der Waals surface area contributed by atoms with Crippen LogP contribution >= 0.6 is 11.5 Å². The van der Waals surface area contributed by atoms with Gasteiger partial charge < -0.3 is 31.9 Å². The van der Waals surface area contributed by atoms with Crippen LogP contribution in [0, 0.1) is 6.92 Å². The summed E-state index contributed by atoms with van der Waals surface area (Å²) >= 11 is 0.953. The number of carbonyl (C=O) groups excluding carboxylic acids is 2. The predicted octanol–water partition coefficient (Wildman–Crippen LogP) is 3.70. The number of amides is 4. The van der Waals surface area contributed by atoms with Crippen molar-refractivity contribution in [2.24, 2.45) is 5.73 Å². The highest BCUT2D eigenvalue weighted by molar-refractivity contribution is 7.10. The number of nitrogens with one attached hydrogen (secondary N) is 4. The van der Waals surface area contributed by atoms with Gasteiger partial charge in [-0.05, 0) is 49.1 Å². The zero-order valence-electron chi connectivity index (χ0n) is 18.9. The molecule has 1 heterocycles. The van der Waals surface area contributed by atoms with Gasteiger partial charge in [0.2, 0.25) is 0 Å². The minimum absolute atomic E-state index is 0.0593. The maximum atomic E-state index is 12.2. The number of nitrogens with two attached hydrogens (primary N) is 1. The van der Waals surface area contributed by atoms with Gasteiger partial charge in [0.25, 0.3) is 0 Å². The lowest BCUT2D eigenvalue weighted by atomic mass is 10.1. The summed E-state index contributed by atoms with van der Waals surface area (Å²) in [6.45, 7) is 2.14. The number of anilines is 3. The van der Waals surface area contributed by atoms with Crippen LogP contribution in [-0.2, 0) is 4.79 Å². The van der Waals surface area contributed by atoms with Gasteiger partial charge in [0.05, 0.1) is 11.3 Å². The highest BCUT2D eigenvalue weighted by atomic mass is 32.1. The molecule has 1 atom stereocenters. The Labute approximate surface area is 205 Å². The molecule has 3 rings (SSSR count). The number of aliphatic hydroxyl groups is 1. The van der Waals surface area contributed by atoms with Crippen molar-refractivity contribution in [1.82, 2.24) is 9.69 Å². The van der Waals surface area contributed by atoms with Crippen LogP contribution in [0.4, 0.5) is 26.0 Å². The Morgan fingerprint density at radius 3 is 2.14 bits per heavy atom. The number of rotatable bonds is 9. The third-order valence-electron chi connectivity index (χ3n) is 4.83. The molecule has 0 radical (unpaired) electrons. The summed E-state index contributed by atoms with van der Waals surface area (Å²) in [5.41, 5.74) is 9.28. The maximum absolute atomic E-state index is 12.2. The molecule has 0 saturated carbocycles. The van der Waals surface area contributed by atoms with Crippen LogP contribution in [0.5, 0.6) is 0 Å². The molecule has 0 aliphatic heterocycles. The molecule has 35 heavy (non-hydrogen) atoms. The lowest BCUT2D eigenvalue weighted by Gasteiger charge is -2.11. The average Bonchev–Trinajstić information content (AvgIpc) is 3.22. The zero-order chi connectivity index (χ0) is 25.4. The molecule has 0 fully saturated rings. The summed E-state index contributed by atoms with van der Waals surface area (Å²) in [6.07, 6.45) is -1.17. The Bertz CT molecular complexity index is 1180. The van der Waals surface area contributed by atoms with Crippen LogP contribution < -0.4 is 27.0 Å². The number of benzene rings is 2. The lowest BCUT2D eigenvalue weighted by Crippen LogP contribution is -2.30. The number of aliphatic carboxylic acids is 1. The number of hydrogen-bond donors (Lipinski definition) is 7. The molecule has 1 aromatic heterocycles. The van der Waals surface area contributed by atoms with Crippen LogP contribution in [0.3, 0.4) is 0 Å². The number of carboxylic acid groups (broad SMARTS) is 1. The highest BCUT2D eigenvalue weighted by Crippen LogP contribution is 2.35. The van der Waals surface area contributed by atoms with Crippen LogP contribution in [0.25, 0.3) is 11.3 Å². The Morgan fingerprint density at radius 2 is 1.57 bits per heavy atom. The Hall–Kier alpha value is -4.00. The van der Waals surface area contributed by atoms with Crippen molar-refractivity contribution >= 4 is 45.9 Å². The van der Waals surface area contributed by atoms with Gasteiger partial charge in [-0.15, -0.1) is 0 Å². The number of aryl methyl sites for hydroxylation is 1. The van der Waals surface area contributed by atoms with Crippen molar-refractivity contribution in [1.29, 1.82) is 0 Å².